The molecular formula is C27H22ClN3O4S. The lowest BCUT2D eigenvalue weighted by Gasteiger charge is -2.12. The molecule has 9 heteroatoms. The number of hydrogen-bond acceptors (Lipinski definition) is 5. The smallest absolute Gasteiger partial charge is 0.291 e. The van der Waals surface area contributed by atoms with Crippen molar-refractivity contribution >= 4 is 58.2 Å². The van der Waals surface area contributed by atoms with Gasteiger partial charge in [-0.2, -0.15) is 0 Å². The Hall–Kier alpha value is -4.14. The minimum Gasteiger partial charge on any atom is -0.459 e. The van der Waals surface area contributed by atoms with Crippen LogP contribution in [-0.4, -0.2) is 16.9 Å². The molecule has 0 fully saturated rings. The van der Waals surface area contributed by atoms with Crippen molar-refractivity contribution in [2.24, 2.45) is 0 Å². The molecular weight excluding hydrogens is 498 g/mol. The van der Waals surface area contributed by atoms with Gasteiger partial charge in [-0.3, -0.25) is 14.9 Å². The summed E-state index contributed by atoms with van der Waals surface area (Å²) in [5.41, 5.74) is 3.92. The normalized spacial score (nSPS) is 10.9. The van der Waals surface area contributed by atoms with Crippen LogP contribution in [0.1, 0.15) is 27.4 Å². The Morgan fingerprint density at radius 3 is 2.53 bits per heavy atom. The van der Waals surface area contributed by atoms with Gasteiger partial charge in [0.05, 0.1) is 6.26 Å². The van der Waals surface area contributed by atoms with Gasteiger partial charge in [-0.15, -0.1) is 0 Å². The maximum absolute atomic E-state index is 12.3. The van der Waals surface area contributed by atoms with Crippen molar-refractivity contribution in [2.75, 3.05) is 10.6 Å². The zero-order chi connectivity index (χ0) is 25.7. The molecule has 0 aliphatic heterocycles. The summed E-state index contributed by atoms with van der Waals surface area (Å²) in [6.45, 7) is 3.77. The Morgan fingerprint density at radius 1 is 0.972 bits per heavy atom. The number of nitrogens with one attached hydrogen (secondary N) is 3. The van der Waals surface area contributed by atoms with Crippen LogP contribution in [0.15, 0.2) is 81.8 Å². The topological polar surface area (TPSA) is 96.5 Å². The lowest BCUT2D eigenvalue weighted by Crippen LogP contribution is -2.32. The molecule has 4 rings (SSSR count). The Balaban J connectivity index is 1.31. The van der Waals surface area contributed by atoms with Crippen LogP contribution >= 0.6 is 23.8 Å². The van der Waals surface area contributed by atoms with Gasteiger partial charge < -0.3 is 19.5 Å². The van der Waals surface area contributed by atoms with E-state index in [1.807, 2.05) is 38.1 Å². The molecule has 182 valence electrons. The largest absolute Gasteiger partial charge is 0.459 e. The predicted molar refractivity (Wildman–Crippen MR) is 145 cm³/mol. The summed E-state index contributed by atoms with van der Waals surface area (Å²) in [4.78, 5) is 24.5. The molecule has 0 unspecified atom stereocenters. The van der Waals surface area contributed by atoms with Crippen molar-refractivity contribution in [3.05, 3.63) is 101 Å². The van der Waals surface area contributed by atoms with Crippen LogP contribution < -0.4 is 16.0 Å². The average molecular weight is 520 g/mol. The summed E-state index contributed by atoms with van der Waals surface area (Å²) in [7, 11) is 0. The van der Waals surface area contributed by atoms with E-state index in [2.05, 4.69) is 16.0 Å². The summed E-state index contributed by atoms with van der Waals surface area (Å²) < 4.78 is 10.9. The first-order chi connectivity index (χ1) is 17.3. The fourth-order valence-electron chi connectivity index (χ4n) is 3.29. The summed E-state index contributed by atoms with van der Waals surface area (Å²) in [6, 6.07) is 17.8. The number of rotatable bonds is 6. The van der Waals surface area contributed by atoms with E-state index in [0.29, 0.717) is 27.9 Å². The SMILES string of the molecule is Cc1ccc(-c2ccc(/C=C/C(=O)NC(=S)Nc3ccc(NC(=O)c4ccco4)c(C)c3)o2)cc1Cl. The number of thiocarbonyl (C=S) groups is 1. The second-order valence-electron chi connectivity index (χ2n) is 7.90. The van der Waals surface area contributed by atoms with Crippen molar-refractivity contribution < 1.29 is 18.4 Å². The van der Waals surface area contributed by atoms with E-state index in [-0.39, 0.29) is 16.8 Å². The van der Waals surface area contributed by atoms with E-state index in [1.54, 1.807) is 42.5 Å². The Morgan fingerprint density at radius 2 is 1.81 bits per heavy atom. The van der Waals surface area contributed by atoms with E-state index in [1.165, 1.54) is 12.3 Å². The third-order valence-electron chi connectivity index (χ3n) is 5.20. The number of aryl methyl sites for hydroxylation is 2. The van der Waals surface area contributed by atoms with E-state index < -0.39 is 5.91 Å². The number of halogens is 1. The molecule has 2 heterocycles. The molecule has 0 atom stereocenters. The molecule has 2 amide bonds. The summed E-state index contributed by atoms with van der Waals surface area (Å²) in [5.74, 6) is 0.623. The van der Waals surface area contributed by atoms with Crippen molar-refractivity contribution in [1.29, 1.82) is 0 Å². The van der Waals surface area contributed by atoms with E-state index in [4.69, 9.17) is 32.7 Å². The lowest BCUT2D eigenvalue weighted by atomic mass is 10.1. The molecule has 3 N–H and O–H groups in total. The first-order valence-electron chi connectivity index (χ1n) is 10.9. The maximum Gasteiger partial charge on any atom is 0.291 e. The highest BCUT2D eigenvalue weighted by Gasteiger charge is 2.11. The van der Waals surface area contributed by atoms with Gasteiger partial charge in [-0.25, -0.2) is 0 Å². The van der Waals surface area contributed by atoms with Gasteiger partial charge in [0, 0.05) is 28.0 Å². The third-order valence-corrected chi connectivity index (χ3v) is 5.81. The van der Waals surface area contributed by atoms with E-state index in [9.17, 15) is 9.59 Å². The number of carbonyl (C=O) groups is 2. The van der Waals surface area contributed by atoms with Crippen molar-refractivity contribution in [3.8, 4) is 11.3 Å². The van der Waals surface area contributed by atoms with Gasteiger partial charge in [0.15, 0.2) is 10.9 Å². The van der Waals surface area contributed by atoms with Crippen LogP contribution in [0.25, 0.3) is 17.4 Å². The Labute approximate surface area is 218 Å². The molecule has 0 bridgehead atoms. The molecule has 2 aromatic heterocycles. The molecule has 0 radical (unpaired) electrons. The zero-order valence-electron chi connectivity index (χ0n) is 19.4. The highest BCUT2D eigenvalue weighted by molar-refractivity contribution is 7.80. The molecule has 7 nitrogen and oxygen atoms in total. The highest BCUT2D eigenvalue weighted by atomic mass is 35.5. The first-order valence-corrected chi connectivity index (χ1v) is 11.7. The number of benzene rings is 2. The molecule has 0 saturated carbocycles. The van der Waals surface area contributed by atoms with Crippen LogP contribution in [0.2, 0.25) is 5.02 Å². The second-order valence-corrected chi connectivity index (χ2v) is 8.72. The van der Waals surface area contributed by atoms with Crippen LogP contribution in [-0.2, 0) is 4.79 Å². The molecule has 0 saturated heterocycles. The zero-order valence-corrected chi connectivity index (χ0v) is 21.0. The lowest BCUT2D eigenvalue weighted by molar-refractivity contribution is -0.115. The monoisotopic (exact) mass is 519 g/mol. The quantitative estimate of drug-likeness (QED) is 0.196. The van der Waals surface area contributed by atoms with Gasteiger partial charge in [0.25, 0.3) is 5.91 Å². The predicted octanol–water partition coefficient (Wildman–Crippen LogP) is 6.59. The third kappa shape index (κ3) is 6.29. The standard InChI is InChI=1S/C27H22ClN3O4S/c1-16-5-6-18(15-21(16)28)23-11-8-20(35-23)9-12-25(32)31-27(36)29-19-7-10-22(17(2)14-19)30-26(33)24-4-3-13-34-24/h3-15H,1-2H3,(H,30,33)(H2,29,31,32,36)/b12-9+. The fourth-order valence-corrected chi connectivity index (χ4v) is 3.69. The summed E-state index contributed by atoms with van der Waals surface area (Å²) in [5, 5.41) is 9.12. The maximum atomic E-state index is 12.3. The molecule has 4 aromatic rings. The molecule has 36 heavy (non-hydrogen) atoms. The molecule has 0 aliphatic carbocycles. The van der Waals surface area contributed by atoms with Crippen LogP contribution in [0.4, 0.5) is 11.4 Å². The highest BCUT2D eigenvalue weighted by Crippen LogP contribution is 2.27. The molecule has 0 aliphatic rings. The molecule has 0 spiro atoms. The molecule has 2 aromatic carbocycles. The first kappa shape index (κ1) is 25.0. The van der Waals surface area contributed by atoms with Crippen LogP contribution in [0, 0.1) is 13.8 Å². The minimum absolute atomic E-state index is 0.130. The number of amides is 2. The summed E-state index contributed by atoms with van der Waals surface area (Å²) >= 11 is 11.4. The fraction of sp³-hybridized carbons (Fsp3) is 0.0741. The number of hydrogen-bond donors (Lipinski definition) is 3. The van der Waals surface area contributed by atoms with Crippen LogP contribution in [0.3, 0.4) is 0 Å². The van der Waals surface area contributed by atoms with Crippen molar-refractivity contribution in [1.82, 2.24) is 5.32 Å². The Bertz CT molecular complexity index is 1460. The van der Waals surface area contributed by atoms with Crippen molar-refractivity contribution in [3.63, 3.8) is 0 Å². The van der Waals surface area contributed by atoms with E-state index in [0.717, 1.165) is 16.7 Å². The van der Waals surface area contributed by atoms with Gasteiger partial charge in [0.1, 0.15) is 11.5 Å². The minimum atomic E-state index is -0.414. The number of furan rings is 2. The van der Waals surface area contributed by atoms with E-state index >= 15 is 0 Å². The Kier molecular flexibility index (Phi) is 7.68. The average Bonchev–Trinajstić information content (AvgIpc) is 3.54. The van der Waals surface area contributed by atoms with Gasteiger partial charge >= 0.3 is 0 Å². The van der Waals surface area contributed by atoms with Crippen LogP contribution in [0.5, 0.6) is 0 Å². The number of carbonyl (C=O) groups excluding carboxylic acids is 2. The van der Waals surface area contributed by atoms with Gasteiger partial charge in [-0.1, -0.05) is 23.7 Å². The summed E-state index contributed by atoms with van der Waals surface area (Å²) in [6.07, 6.45) is 4.32. The van der Waals surface area contributed by atoms with Gasteiger partial charge in [0.2, 0.25) is 5.91 Å². The van der Waals surface area contributed by atoms with Crippen molar-refractivity contribution in [2.45, 2.75) is 13.8 Å². The van der Waals surface area contributed by atoms with Gasteiger partial charge in [-0.05, 0) is 91.8 Å². The second kappa shape index (κ2) is 11.1. The number of anilines is 2.